The normalized spacial score (nSPS) is 10.1. The molecule has 0 heterocycles. The van der Waals surface area contributed by atoms with E-state index in [1.807, 2.05) is 55.5 Å². The summed E-state index contributed by atoms with van der Waals surface area (Å²) in [6.07, 6.45) is 0. The van der Waals surface area contributed by atoms with Crippen LogP contribution in [0.1, 0.15) is 15.9 Å². The van der Waals surface area contributed by atoms with E-state index < -0.39 is 0 Å². The number of aryl methyl sites for hydroxylation is 1. The van der Waals surface area contributed by atoms with Crippen LogP contribution in [0.3, 0.4) is 0 Å². The Morgan fingerprint density at radius 1 is 0.852 bits per heavy atom. The number of hydrogen-bond donors (Lipinski definition) is 2. The molecule has 0 bridgehead atoms. The number of para-hydroxylation sites is 1. The first kappa shape index (κ1) is 18.2. The molecule has 5 heteroatoms. The Labute approximate surface area is 158 Å². The Morgan fingerprint density at radius 3 is 2.26 bits per heavy atom. The number of nitrogens with one attached hydrogen (secondary N) is 2. The van der Waals surface area contributed by atoms with Crippen LogP contribution in [0.25, 0.3) is 0 Å². The molecule has 27 heavy (non-hydrogen) atoms. The van der Waals surface area contributed by atoms with Gasteiger partial charge in [0.25, 0.3) is 5.91 Å². The van der Waals surface area contributed by atoms with E-state index in [0.717, 1.165) is 11.3 Å². The first-order chi connectivity index (χ1) is 13.1. The maximum atomic E-state index is 12.2. The second kappa shape index (κ2) is 8.67. The zero-order valence-electron chi connectivity index (χ0n) is 14.9. The number of ether oxygens (including phenoxy) is 1. The number of carbonyl (C=O) groups is 2. The van der Waals surface area contributed by atoms with Gasteiger partial charge in [0, 0.05) is 11.3 Å². The highest BCUT2D eigenvalue weighted by atomic mass is 16.5. The van der Waals surface area contributed by atoms with E-state index in [4.69, 9.17) is 4.74 Å². The fourth-order valence-electron chi connectivity index (χ4n) is 2.49. The maximum absolute atomic E-state index is 12.2. The van der Waals surface area contributed by atoms with Gasteiger partial charge >= 0.3 is 0 Å². The zero-order chi connectivity index (χ0) is 19.1. The lowest BCUT2D eigenvalue weighted by atomic mass is 10.2. The van der Waals surface area contributed by atoms with Gasteiger partial charge in [0.05, 0.1) is 6.54 Å². The van der Waals surface area contributed by atoms with Crippen molar-refractivity contribution in [3.8, 4) is 11.5 Å². The number of carbonyl (C=O) groups excluding carboxylic acids is 2. The maximum Gasteiger partial charge on any atom is 0.251 e. The fourth-order valence-corrected chi connectivity index (χ4v) is 2.49. The zero-order valence-corrected chi connectivity index (χ0v) is 14.9. The SMILES string of the molecule is Cc1cccc(NC(=O)CNC(=O)c2ccc(Oc3ccccc3)cc2)c1. The minimum absolute atomic E-state index is 0.102. The van der Waals surface area contributed by atoms with Crippen molar-refractivity contribution >= 4 is 17.5 Å². The Bertz CT molecular complexity index is 922. The Hall–Kier alpha value is -3.60. The predicted octanol–water partition coefficient (Wildman–Crippen LogP) is 4.16. The van der Waals surface area contributed by atoms with Crippen molar-refractivity contribution in [3.05, 3.63) is 90.0 Å². The predicted molar refractivity (Wildman–Crippen MR) is 105 cm³/mol. The summed E-state index contributed by atoms with van der Waals surface area (Å²) in [5, 5.41) is 5.36. The van der Waals surface area contributed by atoms with E-state index in [-0.39, 0.29) is 18.4 Å². The molecule has 0 aromatic heterocycles. The van der Waals surface area contributed by atoms with Gasteiger partial charge in [-0.2, -0.15) is 0 Å². The summed E-state index contributed by atoms with van der Waals surface area (Å²) in [5.41, 5.74) is 2.21. The third kappa shape index (κ3) is 5.44. The van der Waals surface area contributed by atoms with E-state index in [2.05, 4.69) is 10.6 Å². The van der Waals surface area contributed by atoms with Crippen molar-refractivity contribution in [2.24, 2.45) is 0 Å². The molecule has 0 aliphatic heterocycles. The van der Waals surface area contributed by atoms with Crippen molar-refractivity contribution in [3.63, 3.8) is 0 Å². The molecule has 0 unspecified atom stereocenters. The van der Waals surface area contributed by atoms with Gasteiger partial charge in [0.2, 0.25) is 5.91 Å². The van der Waals surface area contributed by atoms with Crippen LogP contribution in [0, 0.1) is 6.92 Å². The second-order valence-corrected chi connectivity index (χ2v) is 6.04. The highest BCUT2D eigenvalue weighted by Gasteiger charge is 2.09. The van der Waals surface area contributed by atoms with Gasteiger partial charge in [0.15, 0.2) is 0 Å². The molecule has 0 fully saturated rings. The monoisotopic (exact) mass is 360 g/mol. The standard InChI is InChI=1S/C22H20N2O3/c1-16-6-5-7-18(14-16)24-21(25)15-23-22(26)17-10-12-20(13-11-17)27-19-8-3-2-4-9-19/h2-14H,15H2,1H3,(H,23,26)(H,24,25). The second-order valence-electron chi connectivity index (χ2n) is 6.04. The van der Waals surface area contributed by atoms with Crippen molar-refractivity contribution in [1.82, 2.24) is 5.32 Å². The number of benzene rings is 3. The molecule has 3 aromatic rings. The summed E-state index contributed by atoms with van der Waals surface area (Å²) >= 11 is 0. The third-order valence-electron chi connectivity index (χ3n) is 3.81. The van der Waals surface area contributed by atoms with Gasteiger partial charge in [-0.3, -0.25) is 9.59 Å². The highest BCUT2D eigenvalue weighted by Crippen LogP contribution is 2.21. The number of amides is 2. The van der Waals surface area contributed by atoms with Gasteiger partial charge < -0.3 is 15.4 Å². The summed E-state index contributed by atoms with van der Waals surface area (Å²) < 4.78 is 5.69. The van der Waals surface area contributed by atoms with E-state index in [1.165, 1.54) is 0 Å². The number of hydrogen-bond acceptors (Lipinski definition) is 3. The number of rotatable bonds is 6. The Morgan fingerprint density at radius 2 is 1.56 bits per heavy atom. The summed E-state index contributed by atoms with van der Waals surface area (Å²) in [5.74, 6) is 0.760. The van der Waals surface area contributed by atoms with Gasteiger partial charge in [-0.1, -0.05) is 30.3 Å². The Balaban J connectivity index is 1.51. The molecule has 2 N–H and O–H groups in total. The quantitative estimate of drug-likeness (QED) is 0.694. The molecule has 0 saturated carbocycles. The molecular formula is C22H20N2O3. The summed E-state index contributed by atoms with van der Waals surface area (Å²) in [6.45, 7) is 1.84. The van der Waals surface area contributed by atoms with E-state index in [1.54, 1.807) is 30.3 Å². The van der Waals surface area contributed by atoms with Crippen molar-refractivity contribution in [2.75, 3.05) is 11.9 Å². The van der Waals surface area contributed by atoms with Crippen LogP contribution >= 0.6 is 0 Å². The van der Waals surface area contributed by atoms with Crippen LogP contribution in [-0.2, 0) is 4.79 Å². The Kier molecular flexibility index (Phi) is 5.84. The van der Waals surface area contributed by atoms with Gasteiger partial charge in [-0.05, 0) is 61.0 Å². The smallest absolute Gasteiger partial charge is 0.251 e. The van der Waals surface area contributed by atoms with E-state index in [9.17, 15) is 9.59 Å². The van der Waals surface area contributed by atoms with Crippen LogP contribution in [0.15, 0.2) is 78.9 Å². The fraction of sp³-hybridized carbons (Fsp3) is 0.0909. The first-order valence-corrected chi connectivity index (χ1v) is 8.58. The molecule has 0 spiro atoms. The van der Waals surface area contributed by atoms with Crippen LogP contribution < -0.4 is 15.4 Å². The average Bonchev–Trinajstić information content (AvgIpc) is 2.67. The van der Waals surface area contributed by atoms with E-state index in [0.29, 0.717) is 17.0 Å². The van der Waals surface area contributed by atoms with Crippen LogP contribution in [0.5, 0.6) is 11.5 Å². The molecule has 136 valence electrons. The lowest BCUT2D eigenvalue weighted by molar-refractivity contribution is -0.115. The van der Waals surface area contributed by atoms with Crippen LogP contribution in [0.4, 0.5) is 5.69 Å². The van der Waals surface area contributed by atoms with Crippen LogP contribution in [0.2, 0.25) is 0 Å². The molecule has 0 radical (unpaired) electrons. The number of anilines is 1. The summed E-state index contributed by atoms with van der Waals surface area (Å²) in [4.78, 5) is 24.2. The average molecular weight is 360 g/mol. The van der Waals surface area contributed by atoms with E-state index >= 15 is 0 Å². The first-order valence-electron chi connectivity index (χ1n) is 8.58. The minimum atomic E-state index is -0.319. The largest absolute Gasteiger partial charge is 0.457 e. The van der Waals surface area contributed by atoms with Gasteiger partial charge in [0.1, 0.15) is 11.5 Å². The molecule has 3 rings (SSSR count). The summed E-state index contributed by atoms with van der Waals surface area (Å²) in [6, 6.07) is 23.6. The van der Waals surface area contributed by atoms with Crippen molar-refractivity contribution < 1.29 is 14.3 Å². The molecular weight excluding hydrogens is 340 g/mol. The lowest BCUT2D eigenvalue weighted by Crippen LogP contribution is -2.32. The van der Waals surface area contributed by atoms with Crippen molar-refractivity contribution in [2.45, 2.75) is 6.92 Å². The molecule has 0 aliphatic rings. The summed E-state index contributed by atoms with van der Waals surface area (Å²) in [7, 11) is 0. The molecule has 2 amide bonds. The van der Waals surface area contributed by atoms with Gasteiger partial charge in [-0.15, -0.1) is 0 Å². The van der Waals surface area contributed by atoms with Crippen molar-refractivity contribution in [1.29, 1.82) is 0 Å². The molecule has 0 atom stereocenters. The third-order valence-corrected chi connectivity index (χ3v) is 3.81. The molecule has 0 aliphatic carbocycles. The molecule has 3 aromatic carbocycles. The lowest BCUT2D eigenvalue weighted by Gasteiger charge is -2.09. The molecule has 5 nitrogen and oxygen atoms in total. The van der Waals surface area contributed by atoms with Crippen LogP contribution in [-0.4, -0.2) is 18.4 Å². The molecule has 0 saturated heterocycles. The van der Waals surface area contributed by atoms with Gasteiger partial charge in [-0.25, -0.2) is 0 Å². The minimum Gasteiger partial charge on any atom is -0.457 e. The topological polar surface area (TPSA) is 67.4 Å². The highest BCUT2D eigenvalue weighted by molar-refractivity contribution is 5.99.